The van der Waals surface area contributed by atoms with Crippen molar-refractivity contribution in [2.75, 3.05) is 5.75 Å². The first-order valence-corrected chi connectivity index (χ1v) is 12.7. The lowest BCUT2D eigenvalue weighted by molar-refractivity contribution is -0.119. The van der Waals surface area contributed by atoms with Crippen LogP contribution in [0.2, 0.25) is 0 Å². The van der Waals surface area contributed by atoms with Gasteiger partial charge in [0.25, 0.3) is 11.5 Å². The van der Waals surface area contributed by atoms with Crippen LogP contribution >= 0.6 is 23.1 Å². The molecule has 0 unspecified atom stereocenters. The minimum absolute atomic E-state index is 0.00536. The average molecular weight is 471 g/mol. The van der Waals surface area contributed by atoms with Crippen LogP contribution in [0.1, 0.15) is 53.4 Å². The van der Waals surface area contributed by atoms with Crippen LogP contribution in [0.15, 0.2) is 40.3 Å². The standard InChI is InChI=1S/C23H26N4O3S2/c1-2-3-7-13-27-22(30)19-16-11-8-12-17(16)32-21(19)24-23(27)31-14-18(28)25-26-20(29)15-9-5-4-6-10-15/h4-6,9-10H,2-3,7-8,11-14H2,1H3,(H,25,28)(H,26,29). The summed E-state index contributed by atoms with van der Waals surface area (Å²) in [4.78, 5) is 44.6. The number of unbranched alkanes of at least 4 members (excludes halogenated alkanes) is 2. The molecule has 0 bridgehead atoms. The molecule has 2 aromatic heterocycles. The van der Waals surface area contributed by atoms with Crippen molar-refractivity contribution in [1.82, 2.24) is 20.4 Å². The van der Waals surface area contributed by atoms with Crippen molar-refractivity contribution in [3.05, 3.63) is 56.7 Å². The van der Waals surface area contributed by atoms with E-state index in [0.29, 0.717) is 17.3 Å². The molecule has 0 saturated heterocycles. The van der Waals surface area contributed by atoms with E-state index in [4.69, 9.17) is 4.98 Å². The third kappa shape index (κ3) is 4.88. The van der Waals surface area contributed by atoms with Crippen molar-refractivity contribution in [3.8, 4) is 0 Å². The summed E-state index contributed by atoms with van der Waals surface area (Å²) < 4.78 is 1.73. The summed E-state index contributed by atoms with van der Waals surface area (Å²) in [5.41, 5.74) is 6.49. The SMILES string of the molecule is CCCCCn1c(SCC(=O)NNC(=O)c2ccccc2)nc2sc3c(c2c1=O)CCC3. The van der Waals surface area contributed by atoms with Gasteiger partial charge in [0.1, 0.15) is 4.83 Å². The van der Waals surface area contributed by atoms with Gasteiger partial charge in [-0.1, -0.05) is 49.7 Å². The first-order valence-electron chi connectivity index (χ1n) is 10.9. The molecule has 0 saturated carbocycles. The minimum atomic E-state index is -0.381. The number of thioether (sulfide) groups is 1. The molecule has 7 nitrogen and oxygen atoms in total. The van der Waals surface area contributed by atoms with E-state index in [-0.39, 0.29) is 23.1 Å². The van der Waals surface area contributed by atoms with E-state index in [9.17, 15) is 14.4 Å². The normalized spacial score (nSPS) is 12.7. The summed E-state index contributed by atoms with van der Waals surface area (Å²) in [5, 5.41) is 1.32. The number of hydrogen-bond acceptors (Lipinski definition) is 6. The van der Waals surface area contributed by atoms with Crippen molar-refractivity contribution in [1.29, 1.82) is 0 Å². The highest BCUT2D eigenvalue weighted by molar-refractivity contribution is 7.99. The van der Waals surface area contributed by atoms with E-state index in [1.54, 1.807) is 40.2 Å². The molecule has 0 fully saturated rings. The summed E-state index contributed by atoms with van der Waals surface area (Å²) in [7, 11) is 0. The lowest BCUT2D eigenvalue weighted by atomic mass is 10.2. The monoisotopic (exact) mass is 470 g/mol. The van der Waals surface area contributed by atoms with E-state index in [1.807, 2.05) is 6.07 Å². The minimum Gasteiger partial charge on any atom is -0.287 e. The summed E-state index contributed by atoms with van der Waals surface area (Å²) in [6.07, 6.45) is 6.03. The van der Waals surface area contributed by atoms with Gasteiger partial charge in [-0.15, -0.1) is 11.3 Å². The maximum absolute atomic E-state index is 13.3. The Kier molecular flexibility index (Phi) is 7.26. The fourth-order valence-electron chi connectivity index (χ4n) is 3.84. The zero-order valence-electron chi connectivity index (χ0n) is 18.0. The number of thiophene rings is 1. The van der Waals surface area contributed by atoms with Crippen LogP contribution in [-0.2, 0) is 24.2 Å². The number of aryl methyl sites for hydroxylation is 2. The Labute approximate surface area is 194 Å². The van der Waals surface area contributed by atoms with Crippen LogP contribution in [0, 0.1) is 0 Å². The Hall–Kier alpha value is -2.65. The van der Waals surface area contributed by atoms with Gasteiger partial charge in [0.2, 0.25) is 5.91 Å². The Balaban J connectivity index is 1.47. The van der Waals surface area contributed by atoms with Crippen LogP contribution in [0.4, 0.5) is 0 Å². The largest absolute Gasteiger partial charge is 0.287 e. The van der Waals surface area contributed by atoms with Crippen molar-refractivity contribution in [2.24, 2.45) is 0 Å². The third-order valence-electron chi connectivity index (χ3n) is 5.46. The second-order valence-electron chi connectivity index (χ2n) is 7.75. The number of hydrazine groups is 1. The van der Waals surface area contributed by atoms with Gasteiger partial charge in [0.05, 0.1) is 11.1 Å². The van der Waals surface area contributed by atoms with Crippen LogP contribution in [0.5, 0.6) is 0 Å². The number of benzene rings is 1. The van der Waals surface area contributed by atoms with Crippen LogP contribution in [-0.4, -0.2) is 27.1 Å². The highest BCUT2D eigenvalue weighted by Gasteiger charge is 2.23. The van der Waals surface area contributed by atoms with Gasteiger partial charge in [0.15, 0.2) is 5.16 Å². The van der Waals surface area contributed by atoms with Crippen molar-refractivity contribution in [3.63, 3.8) is 0 Å². The molecule has 1 aliphatic rings. The molecule has 0 spiro atoms. The quantitative estimate of drug-likeness (QED) is 0.227. The Morgan fingerprint density at radius 1 is 1.16 bits per heavy atom. The first-order chi connectivity index (χ1) is 15.6. The van der Waals surface area contributed by atoms with E-state index < -0.39 is 0 Å². The van der Waals surface area contributed by atoms with Crippen molar-refractivity contribution >= 4 is 45.1 Å². The summed E-state index contributed by atoms with van der Waals surface area (Å²) >= 11 is 2.83. The summed E-state index contributed by atoms with van der Waals surface area (Å²) in [6.45, 7) is 2.72. The number of hydrogen-bond donors (Lipinski definition) is 2. The van der Waals surface area contributed by atoms with E-state index >= 15 is 0 Å². The van der Waals surface area contributed by atoms with E-state index in [1.165, 1.54) is 22.2 Å². The molecule has 0 atom stereocenters. The molecule has 2 amide bonds. The molecule has 168 valence electrons. The molecule has 1 aliphatic carbocycles. The predicted molar refractivity (Wildman–Crippen MR) is 128 cm³/mol. The van der Waals surface area contributed by atoms with Crippen LogP contribution in [0.25, 0.3) is 10.2 Å². The van der Waals surface area contributed by atoms with Crippen molar-refractivity contribution in [2.45, 2.75) is 57.1 Å². The van der Waals surface area contributed by atoms with Crippen LogP contribution < -0.4 is 16.4 Å². The molecule has 4 rings (SSSR count). The fourth-order valence-corrected chi connectivity index (χ4v) is 5.97. The highest BCUT2D eigenvalue weighted by Crippen LogP contribution is 2.35. The van der Waals surface area contributed by atoms with E-state index in [2.05, 4.69) is 17.8 Å². The van der Waals surface area contributed by atoms with Gasteiger partial charge in [-0.3, -0.25) is 29.8 Å². The zero-order chi connectivity index (χ0) is 22.5. The molecule has 3 aromatic rings. The molecule has 0 aliphatic heterocycles. The molecule has 9 heteroatoms. The average Bonchev–Trinajstić information content (AvgIpc) is 3.39. The first kappa shape index (κ1) is 22.5. The molecule has 1 aromatic carbocycles. The summed E-state index contributed by atoms with van der Waals surface area (Å²) in [6, 6.07) is 8.67. The second-order valence-corrected chi connectivity index (χ2v) is 9.78. The molecule has 2 N–H and O–H groups in total. The highest BCUT2D eigenvalue weighted by atomic mass is 32.2. The number of nitrogens with one attached hydrogen (secondary N) is 2. The number of nitrogens with zero attached hydrogens (tertiary/aromatic N) is 2. The number of fused-ring (bicyclic) bond motifs is 3. The summed E-state index contributed by atoms with van der Waals surface area (Å²) in [5.74, 6) is -0.693. The lowest BCUT2D eigenvalue weighted by Crippen LogP contribution is -2.42. The van der Waals surface area contributed by atoms with E-state index in [0.717, 1.165) is 48.7 Å². The maximum Gasteiger partial charge on any atom is 0.269 e. The Bertz CT molecular complexity index is 1190. The molecular weight excluding hydrogens is 444 g/mol. The predicted octanol–water partition coefficient (Wildman–Crippen LogP) is 3.69. The fraction of sp³-hybridized carbons (Fsp3) is 0.391. The van der Waals surface area contributed by atoms with Gasteiger partial charge in [-0.05, 0) is 43.4 Å². The number of amides is 2. The molecule has 0 radical (unpaired) electrons. The second kappa shape index (κ2) is 10.3. The number of aromatic nitrogens is 2. The zero-order valence-corrected chi connectivity index (χ0v) is 19.6. The van der Waals surface area contributed by atoms with Gasteiger partial charge in [-0.2, -0.15) is 0 Å². The van der Waals surface area contributed by atoms with Crippen LogP contribution in [0.3, 0.4) is 0 Å². The Morgan fingerprint density at radius 3 is 2.75 bits per heavy atom. The molecule has 32 heavy (non-hydrogen) atoms. The van der Waals surface area contributed by atoms with Gasteiger partial charge in [0, 0.05) is 17.0 Å². The molecule has 2 heterocycles. The Morgan fingerprint density at radius 2 is 1.97 bits per heavy atom. The van der Waals surface area contributed by atoms with Gasteiger partial charge >= 0.3 is 0 Å². The molecular formula is C23H26N4O3S2. The third-order valence-corrected chi connectivity index (χ3v) is 7.62. The number of carbonyl (C=O) groups is 2. The maximum atomic E-state index is 13.3. The van der Waals surface area contributed by atoms with Crippen molar-refractivity contribution < 1.29 is 9.59 Å². The number of rotatable bonds is 8. The smallest absolute Gasteiger partial charge is 0.269 e. The topological polar surface area (TPSA) is 93.1 Å². The van der Waals surface area contributed by atoms with Gasteiger partial charge < -0.3 is 0 Å². The van der Waals surface area contributed by atoms with Gasteiger partial charge in [-0.25, -0.2) is 4.98 Å². The lowest BCUT2D eigenvalue weighted by Gasteiger charge is -2.12. The number of carbonyl (C=O) groups excluding carboxylic acids is 2.